The molecular weight excluding hydrogens is 294 g/mol. The molecule has 1 aliphatic rings. The van der Waals surface area contributed by atoms with Crippen LogP contribution in [-0.4, -0.2) is 42.3 Å². The molecule has 3 N–H and O–H groups in total. The van der Waals surface area contributed by atoms with Crippen LogP contribution in [0.1, 0.15) is 24.8 Å². The summed E-state index contributed by atoms with van der Waals surface area (Å²) in [5.74, 6) is -0.935. The Labute approximate surface area is 136 Å². The zero-order valence-electron chi connectivity index (χ0n) is 13.2. The highest BCUT2D eigenvalue weighted by molar-refractivity contribution is 5.87. The molecule has 1 aromatic carbocycles. The van der Waals surface area contributed by atoms with Crippen LogP contribution in [0, 0.1) is 5.92 Å². The van der Waals surface area contributed by atoms with Gasteiger partial charge < -0.3 is 16.0 Å². The van der Waals surface area contributed by atoms with Crippen LogP contribution in [0.2, 0.25) is 0 Å². The summed E-state index contributed by atoms with van der Waals surface area (Å²) < 4.78 is 0. The van der Waals surface area contributed by atoms with Gasteiger partial charge in [0, 0.05) is 19.5 Å². The molecule has 1 aliphatic heterocycles. The van der Waals surface area contributed by atoms with E-state index >= 15 is 0 Å². The Morgan fingerprint density at radius 3 is 2.70 bits per heavy atom. The minimum atomic E-state index is -0.565. The fraction of sp³-hybridized carbons (Fsp3) is 0.471. The van der Waals surface area contributed by atoms with Crippen molar-refractivity contribution in [3.63, 3.8) is 0 Å². The second-order valence-corrected chi connectivity index (χ2v) is 5.85. The number of nitrogens with two attached hydrogens (primary N) is 1. The van der Waals surface area contributed by atoms with E-state index < -0.39 is 5.91 Å². The zero-order valence-corrected chi connectivity index (χ0v) is 13.2. The van der Waals surface area contributed by atoms with E-state index in [-0.39, 0.29) is 24.3 Å². The van der Waals surface area contributed by atoms with Gasteiger partial charge in [0.2, 0.25) is 17.7 Å². The normalized spacial score (nSPS) is 17.8. The van der Waals surface area contributed by atoms with E-state index in [1.54, 1.807) is 4.90 Å². The average molecular weight is 317 g/mol. The molecule has 3 amide bonds. The van der Waals surface area contributed by atoms with Gasteiger partial charge in [0.1, 0.15) is 0 Å². The summed E-state index contributed by atoms with van der Waals surface area (Å²) in [4.78, 5) is 36.5. The van der Waals surface area contributed by atoms with Crippen molar-refractivity contribution in [2.45, 2.75) is 25.7 Å². The summed E-state index contributed by atoms with van der Waals surface area (Å²) in [6, 6.07) is 10.1. The molecule has 1 unspecified atom stereocenters. The van der Waals surface area contributed by atoms with Gasteiger partial charge >= 0.3 is 0 Å². The van der Waals surface area contributed by atoms with Gasteiger partial charge in [-0.15, -0.1) is 0 Å². The number of primary amides is 1. The second kappa shape index (κ2) is 8.31. The first kappa shape index (κ1) is 17.0. The van der Waals surface area contributed by atoms with Crippen molar-refractivity contribution in [2.24, 2.45) is 11.7 Å². The second-order valence-electron chi connectivity index (χ2n) is 5.85. The van der Waals surface area contributed by atoms with Gasteiger partial charge in [-0.3, -0.25) is 14.4 Å². The number of benzene rings is 1. The number of piperidine rings is 1. The van der Waals surface area contributed by atoms with Gasteiger partial charge in [0.05, 0.1) is 12.5 Å². The summed E-state index contributed by atoms with van der Waals surface area (Å²) in [7, 11) is 0. The number of hydrogen-bond acceptors (Lipinski definition) is 3. The van der Waals surface area contributed by atoms with Gasteiger partial charge in [-0.1, -0.05) is 30.3 Å². The Kier molecular flexibility index (Phi) is 6.14. The lowest BCUT2D eigenvalue weighted by Crippen LogP contribution is -2.47. The molecule has 0 spiro atoms. The average Bonchev–Trinajstić information content (AvgIpc) is 2.55. The van der Waals surface area contributed by atoms with Crippen molar-refractivity contribution in [2.75, 3.05) is 19.6 Å². The predicted molar refractivity (Wildman–Crippen MR) is 86.3 cm³/mol. The lowest BCUT2D eigenvalue weighted by Gasteiger charge is -2.32. The van der Waals surface area contributed by atoms with Gasteiger partial charge in [-0.25, -0.2) is 0 Å². The lowest BCUT2D eigenvalue weighted by molar-refractivity contribution is -0.138. The standard InChI is InChI=1S/C17H23N3O3/c18-15(21)11-19-17(23)14-8-9-16(22)20(12-14)10-4-7-13-5-2-1-3-6-13/h1-3,5-6,14H,4,7-12H2,(H2,18,21)(H,19,23). The molecule has 2 rings (SSSR count). The summed E-state index contributed by atoms with van der Waals surface area (Å²) in [5.41, 5.74) is 6.27. The molecule has 0 bridgehead atoms. The van der Waals surface area contributed by atoms with E-state index in [9.17, 15) is 14.4 Å². The van der Waals surface area contributed by atoms with Crippen molar-refractivity contribution < 1.29 is 14.4 Å². The Morgan fingerprint density at radius 1 is 1.26 bits per heavy atom. The number of amides is 3. The van der Waals surface area contributed by atoms with Gasteiger partial charge in [-0.2, -0.15) is 0 Å². The maximum atomic E-state index is 12.0. The van der Waals surface area contributed by atoms with E-state index in [2.05, 4.69) is 17.4 Å². The Morgan fingerprint density at radius 2 is 2.00 bits per heavy atom. The number of carbonyl (C=O) groups excluding carboxylic acids is 3. The number of likely N-dealkylation sites (tertiary alicyclic amines) is 1. The number of nitrogens with one attached hydrogen (secondary N) is 1. The molecule has 1 heterocycles. The van der Waals surface area contributed by atoms with Crippen LogP contribution in [0.15, 0.2) is 30.3 Å². The first-order valence-electron chi connectivity index (χ1n) is 7.94. The van der Waals surface area contributed by atoms with Gasteiger partial charge in [0.25, 0.3) is 0 Å². The third-order valence-electron chi connectivity index (χ3n) is 4.04. The summed E-state index contributed by atoms with van der Waals surface area (Å²) in [5, 5.41) is 2.52. The molecule has 6 heteroatoms. The molecule has 0 saturated carbocycles. The summed E-state index contributed by atoms with van der Waals surface area (Å²) >= 11 is 0. The quantitative estimate of drug-likeness (QED) is 0.765. The lowest BCUT2D eigenvalue weighted by atomic mass is 9.96. The number of hydrogen-bond donors (Lipinski definition) is 2. The highest BCUT2D eigenvalue weighted by atomic mass is 16.2. The van der Waals surface area contributed by atoms with Crippen LogP contribution in [0.25, 0.3) is 0 Å². The van der Waals surface area contributed by atoms with Gasteiger partial charge in [0.15, 0.2) is 0 Å². The van der Waals surface area contributed by atoms with Crippen molar-refractivity contribution >= 4 is 17.7 Å². The highest BCUT2D eigenvalue weighted by Gasteiger charge is 2.29. The number of nitrogens with zero attached hydrogens (tertiary/aromatic N) is 1. The summed E-state index contributed by atoms with van der Waals surface area (Å²) in [6.45, 7) is 0.906. The molecular formula is C17H23N3O3. The van der Waals surface area contributed by atoms with E-state index in [1.165, 1.54) is 5.56 Å². The molecule has 0 aliphatic carbocycles. The molecule has 23 heavy (non-hydrogen) atoms. The third kappa shape index (κ3) is 5.39. The van der Waals surface area contributed by atoms with E-state index in [1.807, 2.05) is 18.2 Å². The predicted octanol–water partition coefficient (Wildman–Crippen LogP) is 0.459. The maximum absolute atomic E-state index is 12.0. The van der Waals surface area contributed by atoms with Crippen LogP contribution >= 0.6 is 0 Å². The van der Waals surface area contributed by atoms with E-state index in [0.717, 1.165) is 12.8 Å². The monoisotopic (exact) mass is 317 g/mol. The maximum Gasteiger partial charge on any atom is 0.236 e. The zero-order chi connectivity index (χ0) is 16.7. The summed E-state index contributed by atoms with van der Waals surface area (Å²) in [6.07, 6.45) is 2.67. The molecule has 1 atom stereocenters. The van der Waals surface area contributed by atoms with Crippen LogP contribution in [0.3, 0.4) is 0 Å². The van der Waals surface area contributed by atoms with Crippen molar-refractivity contribution in [1.82, 2.24) is 10.2 Å². The molecule has 0 aromatic heterocycles. The van der Waals surface area contributed by atoms with E-state index in [0.29, 0.717) is 25.9 Å². The molecule has 0 radical (unpaired) electrons. The minimum absolute atomic E-state index is 0.0945. The smallest absolute Gasteiger partial charge is 0.236 e. The van der Waals surface area contributed by atoms with Crippen LogP contribution in [0.5, 0.6) is 0 Å². The fourth-order valence-electron chi connectivity index (χ4n) is 2.78. The molecule has 124 valence electrons. The first-order valence-corrected chi connectivity index (χ1v) is 7.94. The molecule has 1 aromatic rings. The first-order chi connectivity index (χ1) is 11.1. The SMILES string of the molecule is NC(=O)CNC(=O)C1CCC(=O)N(CCCc2ccccc2)C1. The van der Waals surface area contributed by atoms with Crippen molar-refractivity contribution in [3.8, 4) is 0 Å². The topological polar surface area (TPSA) is 92.5 Å². The number of rotatable bonds is 7. The van der Waals surface area contributed by atoms with Crippen LogP contribution in [0.4, 0.5) is 0 Å². The fourth-order valence-corrected chi connectivity index (χ4v) is 2.78. The van der Waals surface area contributed by atoms with E-state index in [4.69, 9.17) is 5.73 Å². The Bertz CT molecular complexity index is 559. The van der Waals surface area contributed by atoms with Crippen LogP contribution < -0.4 is 11.1 Å². The highest BCUT2D eigenvalue weighted by Crippen LogP contribution is 2.18. The Hall–Kier alpha value is -2.37. The number of aryl methyl sites for hydroxylation is 1. The molecule has 1 saturated heterocycles. The largest absolute Gasteiger partial charge is 0.368 e. The van der Waals surface area contributed by atoms with Crippen molar-refractivity contribution in [1.29, 1.82) is 0 Å². The minimum Gasteiger partial charge on any atom is -0.368 e. The van der Waals surface area contributed by atoms with Crippen molar-refractivity contribution in [3.05, 3.63) is 35.9 Å². The van der Waals surface area contributed by atoms with Gasteiger partial charge in [-0.05, 0) is 24.8 Å². The molecule has 1 fully saturated rings. The molecule has 6 nitrogen and oxygen atoms in total. The van der Waals surface area contributed by atoms with Crippen LogP contribution in [-0.2, 0) is 20.8 Å². The Balaban J connectivity index is 1.79. The third-order valence-corrected chi connectivity index (χ3v) is 4.04. The number of carbonyl (C=O) groups is 3.